The first kappa shape index (κ1) is 14.4. The first-order chi connectivity index (χ1) is 12.6. The number of anilines is 1. The van der Waals surface area contributed by atoms with E-state index in [1.807, 2.05) is 0 Å². The number of hydrogen-bond donors (Lipinski definition) is 0. The number of quaternary nitrogens is 1. The molecule has 26 heavy (non-hydrogen) atoms. The number of para-hydroxylation sites is 1. The van der Waals surface area contributed by atoms with E-state index in [0.29, 0.717) is 36.9 Å². The van der Waals surface area contributed by atoms with Crippen LogP contribution in [0.1, 0.15) is 24.8 Å². The minimum atomic E-state index is 0.104. The number of piperidine rings is 2. The third kappa shape index (κ3) is 1.34. The summed E-state index contributed by atoms with van der Waals surface area (Å²) in [7, 11) is 2.47. The Morgan fingerprint density at radius 3 is 3.12 bits per heavy atom. The van der Waals surface area contributed by atoms with Gasteiger partial charge in [-0.15, -0.1) is 0 Å². The first-order valence-corrected chi connectivity index (χ1v) is 10.2. The van der Waals surface area contributed by atoms with Crippen LogP contribution in [0.5, 0.6) is 0 Å². The van der Waals surface area contributed by atoms with Gasteiger partial charge in [0.15, 0.2) is 0 Å². The highest BCUT2D eigenvalue weighted by atomic mass is 16.5. The molecule has 1 spiro atoms. The molecule has 3 saturated heterocycles. The molecule has 7 atom stereocenters. The Kier molecular flexibility index (Phi) is 2.36. The van der Waals surface area contributed by atoms with Crippen molar-refractivity contribution in [1.82, 2.24) is 0 Å². The van der Waals surface area contributed by atoms with Crippen LogP contribution in [-0.4, -0.2) is 55.3 Å². The van der Waals surface area contributed by atoms with Crippen LogP contribution in [-0.2, 0) is 14.9 Å². The van der Waals surface area contributed by atoms with Gasteiger partial charge in [-0.1, -0.05) is 24.3 Å². The predicted octanol–water partition coefficient (Wildman–Crippen LogP) is 2.24. The smallest absolute Gasteiger partial charge is 0.229 e. The zero-order chi connectivity index (χ0) is 17.3. The van der Waals surface area contributed by atoms with Crippen molar-refractivity contribution in [1.29, 1.82) is 0 Å². The lowest BCUT2D eigenvalue weighted by Crippen LogP contribution is -2.72. The van der Waals surface area contributed by atoms with E-state index >= 15 is 0 Å². The fourth-order valence-corrected chi connectivity index (χ4v) is 8.14. The van der Waals surface area contributed by atoms with Crippen LogP contribution < -0.4 is 4.90 Å². The fraction of sp³-hybridized carbons (Fsp3) is 0.591. The van der Waals surface area contributed by atoms with E-state index in [1.165, 1.54) is 37.2 Å². The van der Waals surface area contributed by atoms with Gasteiger partial charge in [0.25, 0.3) is 0 Å². The summed E-state index contributed by atoms with van der Waals surface area (Å²) in [5.41, 5.74) is 4.43. The number of carbonyl (C=O) groups excluding carboxylic acids is 1. The highest BCUT2D eigenvalue weighted by molar-refractivity contribution is 5.99. The second-order valence-corrected chi connectivity index (χ2v) is 9.67. The van der Waals surface area contributed by atoms with Crippen LogP contribution in [0.2, 0.25) is 0 Å². The Balaban J connectivity index is 1.56. The van der Waals surface area contributed by atoms with Crippen molar-refractivity contribution in [2.45, 2.75) is 42.9 Å². The van der Waals surface area contributed by atoms with Crippen LogP contribution >= 0.6 is 0 Å². The van der Waals surface area contributed by atoms with Crippen molar-refractivity contribution in [3.05, 3.63) is 41.5 Å². The number of rotatable bonds is 0. The summed E-state index contributed by atoms with van der Waals surface area (Å²) in [5, 5.41) is 0. The van der Waals surface area contributed by atoms with Crippen molar-refractivity contribution in [3.8, 4) is 0 Å². The van der Waals surface area contributed by atoms with Crippen LogP contribution in [0.3, 0.4) is 0 Å². The van der Waals surface area contributed by atoms with Gasteiger partial charge in [0.1, 0.15) is 12.6 Å². The van der Waals surface area contributed by atoms with E-state index in [0.717, 1.165) is 4.48 Å². The normalized spacial score (nSPS) is 49.6. The highest BCUT2D eigenvalue weighted by Crippen LogP contribution is 2.67. The molecule has 0 unspecified atom stereocenters. The third-order valence-electron chi connectivity index (χ3n) is 8.91. The van der Waals surface area contributed by atoms with Gasteiger partial charge in [0.2, 0.25) is 5.91 Å². The van der Waals surface area contributed by atoms with Crippen molar-refractivity contribution in [3.63, 3.8) is 0 Å². The number of likely N-dealkylation sites (N-methyl/N-ethyl adjacent to an activating group) is 1. The van der Waals surface area contributed by atoms with Gasteiger partial charge in [0, 0.05) is 24.4 Å². The molecule has 5 heterocycles. The van der Waals surface area contributed by atoms with Crippen molar-refractivity contribution >= 4 is 11.6 Å². The predicted molar refractivity (Wildman–Crippen MR) is 97.8 cm³/mol. The Morgan fingerprint density at radius 2 is 2.19 bits per heavy atom. The van der Waals surface area contributed by atoms with Crippen molar-refractivity contribution in [2.75, 3.05) is 31.6 Å². The minimum absolute atomic E-state index is 0.104. The van der Waals surface area contributed by atoms with E-state index < -0.39 is 0 Å². The maximum atomic E-state index is 13.3. The summed E-state index contributed by atoms with van der Waals surface area (Å²) in [5.74, 6) is 1.36. The number of ether oxygens (including phenoxy) is 1. The summed E-state index contributed by atoms with van der Waals surface area (Å²) in [6.07, 6.45) is 5.51. The van der Waals surface area contributed by atoms with Crippen LogP contribution in [0.15, 0.2) is 35.9 Å². The molecule has 4 nitrogen and oxygen atoms in total. The Morgan fingerprint density at radius 1 is 1.31 bits per heavy atom. The molecule has 1 aromatic rings. The summed E-state index contributed by atoms with van der Waals surface area (Å²) >= 11 is 0. The van der Waals surface area contributed by atoms with Gasteiger partial charge in [0.05, 0.1) is 44.2 Å². The van der Waals surface area contributed by atoms with Crippen molar-refractivity contribution < 1.29 is 14.0 Å². The number of fused-ring (bicyclic) bond motifs is 2. The lowest BCUT2D eigenvalue weighted by Gasteiger charge is -2.59. The largest absolute Gasteiger partial charge is 0.373 e. The highest BCUT2D eigenvalue weighted by Gasteiger charge is 2.75. The summed E-state index contributed by atoms with van der Waals surface area (Å²) in [6, 6.07) is 9.76. The number of carbonyl (C=O) groups is 1. The molecule has 1 amide bonds. The molecule has 4 heteroatoms. The van der Waals surface area contributed by atoms with E-state index in [1.54, 1.807) is 5.57 Å². The van der Waals surface area contributed by atoms with Gasteiger partial charge in [-0.2, -0.15) is 0 Å². The molecule has 2 bridgehead atoms. The zero-order valence-electron chi connectivity index (χ0n) is 15.2. The zero-order valence-corrected chi connectivity index (χ0v) is 15.2. The van der Waals surface area contributed by atoms with Gasteiger partial charge < -0.3 is 14.1 Å². The van der Waals surface area contributed by atoms with E-state index in [-0.39, 0.29) is 17.4 Å². The average Bonchev–Trinajstić information content (AvgIpc) is 3.05. The second-order valence-electron chi connectivity index (χ2n) is 9.67. The lowest BCUT2D eigenvalue weighted by atomic mass is 9.53. The van der Waals surface area contributed by atoms with E-state index in [2.05, 4.69) is 42.3 Å². The van der Waals surface area contributed by atoms with Gasteiger partial charge in [-0.25, -0.2) is 0 Å². The minimum Gasteiger partial charge on any atom is -0.373 e. The molecule has 5 aliphatic heterocycles. The van der Waals surface area contributed by atoms with E-state index in [4.69, 9.17) is 4.74 Å². The van der Waals surface area contributed by atoms with Crippen LogP contribution in [0.25, 0.3) is 0 Å². The Hall–Kier alpha value is -1.65. The molecule has 1 aromatic carbocycles. The molecular weight excluding hydrogens is 324 g/mol. The molecule has 0 aromatic heterocycles. The van der Waals surface area contributed by atoms with Gasteiger partial charge in [-0.05, 0) is 23.1 Å². The summed E-state index contributed by atoms with van der Waals surface area (Å²) in [6.45, 7) is 3.12. The lowest BCUT2D eigenvalue weighted by molar-refractivity contribution is -0.925. The molecule has 1 saturated carbocycles. The topological polar surface area (TPSA) is 29.5 Å². The van der Waals surface area contributed by atoms with Crippen molar-refractivity contribution in [2.24, 2.45) is 11.8 Å². The molecule has 0 N–H and O–H groups in total. The van der Waals surface area contributed by atoms with E-state index in [9.17, 15) is 4.79 Å². The molecule has 7 rings (SSSR count). The summed E-state index contributed by atoms with van der Waals surface area (Å²) in [4.78, 5) is 15.5. The number of hydrogen-bond acceptors (Lipinski definition) is 2. The van der Waals surface area contributed by atoms with Gasteiger partial charge >= 0.3 is 0 Å². The van der Waals surface area contributed by atoms with Crippen LogP contribution in [0.4, 0.5) is 5.69 Å². The van der Waals surface area contributed by atoms with Gasteiger partial charge in [-0.3, -0.25) is 4.79 Å². The standard InChI is InChI=1S/C22H25N2O2/c1-24-8-7-22-15-4-2-3-5-16(15)23-19(25)11-17-20(21(22)23)14(10-18(22)24)13(12-24)6-9-26-17/h2-6,14,17-18,20-21H,7-12H2,1H3/q+1/t14-,17+,18-,20-,21-,22+,24+/m1/s1. The molecule has 0 radical (unpaired) electrons. The SMILES string of the molecule is C[N@+]12CC[C@]34c5ccccc5N5C(=O)C[C@@H]6OCC=C(C1)[C@@H](C[C@H]32)[C@H]6[C@@H]54. The average molecular weight is 349 g/mol. The molecule has 134 valence electrons. The maximum absolute atomic E-state index is 13.3. The number of amides is 1. The fourth-order valence-electron chi connectivity index (χ4n) is 8.14. The quantitative estimate of drug-likeness (QED) is 0.531. The number of benzene rings is 1. The summed E-state index contributed by atoms with van der Waals surface area (Å²) < 4.78 is 7.45. The maximum Gasteiger partial charge on any atom is 0.229 e. The Bertz CT molecular complexity index is 894. The Labute approximate surface area is 154 Å². The molecule has 6 aliphatic rings. The molecule has 1 aliphatic carbocycles. The molecule has 4 fully saturated rings. The first-order valence-electron chi connectivity index (χ1n) is 10.2. The third-order valence-corrected chi connectivity index (χ3v) is 8.91. The molecular formula is C22H25N2O2+. The number of nitrogens with zero attached hydrogens (tertiary/aromatic N) is 2. The second kappa shape index (κ2) is 4.26. The van der Waals surface area contributed by atoms with Crippen LogP contribution in [0, 0.1) is 11.8 Å². The monoisotopic (exact) mass is 349 g/mol.